The first-order valence-electron chi connectivity index (χ1n) is 23.1. The fourth-order valence-corrected chi connectivity index (χ4v) is 7.01. The number of halogens is 1. The molecule has 0 fully saturated rings. The second kappa shape index (κ2) is 28.5. The zero-order chi connectivity index (χ0) is 49.4. The Bertz CT molecular complexity index is 2850. The van der Waals surface area contributed by atoms with E-state index in [2.05, 4.69) is 51.8 Å². The number of unbranched alkanes of at least 4 members (excludes halogenated alkanes) is 5. The lowest BCUT2D eigenvalue weighted by atomic mass is 10.1. The fourth-order valence-electron chi connectivity index (χ4n) is 7.01. The van der Waals surface area contributed by atoms with E-state index in [0.29, 0.717) is 36.7 Å². The molecule has 0 aliphatic carbocycles. The van der Waals surface area contributed by atoms with Crippen LogP contribution in [0.2, 0.25) is 0 Å². The first-order chi connectivity index (χ1) is 33.3. The monoisotopic (exact) mass is 970 g/mol. The second-order valence-electron chi connectivity index (χ2n) is 17.1. The van der Waals surface area contributed by atoms with Crippen LogP contribution < -0.4 is 22.1 Å². The first kappa shape index (κ1) is 54.7. The highest BCUT2D eigenvalue weighted by molar-refractivity contribution is 5.99. The number of aryl methyl sites for hydroxylation is 3. The van der Waals surface area contributed by atoms with Gasteiger partial charge in [0.2, 0.25) is 5.95 Å². The van der Waals surface area contributed by atoms with Crippen molar-refractivity contribution in [1.82, 2.24) is 45.1 Å². The maximum atomic E-state index is 12.4. The molecule has 0 saturated carbocycles. The molecule has 3 aromatic heterocycles. The van der Waals surface area contributed by atoms with E-state index in [0.717, 1.165) is 103 Å². The van der Waals surface area contributed by atoms with Gasteiger partial charge in [0.1, 0.15) is 5.60 Å². The topological polar surface area (TPSA) is 263 Å². The molecule has 0 radical (unpaired) electrons. The predicted molar refractivity (Wildman–Crippen MR) is 277 cm³/mol. The summed E-state index contributed by atoms with van der Waals surface area (Å²) in [7, 11) is 0. The van der Waals surface area contributed by atoms with Gasteiger partial charge in [0.25, 0.3) is 11.8 Å². The Balaban J connectivity index is 0.000000239. The maximum Gasteiger partial charge on any atom is 0.421 e. The lowest BCUT2D eigenvalue weighted by Crippen LogP contribution is -2.27. The summed E-state index contributed by atoms with van der Waals surface area (Å²) in [5, 5.41) is 21.7. The van der Waals surface area contributed by atoms with Crippen molar-refractivity contribution in [2.45, 2.75) is 97.1 Å². The molecule has 19 heteroatoms. The summed E-state index contributed by atoms with van der Waals surface area (Å²) in [5.41, 5.74) is 23.0. The number of amides is 2. The van der Waals surface area contributed by atoms with Crippen LogP contribution in [-0.4, -0.2) is 77.7 Å². The number of fused-ring (bicyclic) bond motifs is 2. The van der Waals surface area contributed by atoms with E-state index in [-0.39, 0.29) is 36.7 Å². The molecule has 3 heterocycles. The summed E-state index contributed by atoms with van der Waals surface area (Å²) in [4.78, 5) is 50.0. The number of azide groups is 1. The fraction of sp³-hybridized carbons (Fsp3) is 0.353. The number of aromatic amines is 1. The minimum atomic E-state index is -0.552. The van der Waals surface area contributed by atoms with Crippen molar-refractivity contribution in [3.05, 3.63) is 142 Å². The average molecular weight is 972 g/mol. The summed E-state index contributed by atoms with van der Waals surface area (Å²) in [6.45, 7) is 7.13. The van der Waals surface area contributed by atoms with Crippen LogP contribution in [-0.2, 0) is 30.5 Å². The molecule has 2 amide bonds. The molecule has 0 spiro atoms. The largest absolute Gasteiger partial charge is 0.443 e. The normalized spacial score (nSPS) is 10.6. The van der Waals surface area contributed by atoms with E-state index in [1.807, 2.05) is 106 Å². The lowest BCUT2D eigenvalue weighted by Gasteiger charge is -2.19. The molecular formula is C51H63ClN14O4. The van der Waals surface area contributed by atoms with Gasteiger partial charge in [-0.1, -0.05) is 83.8 Å². The minimum absolute atomic E-state index is 0. The van der Waals surface area contributed by atoms with Crippen molar-refractivity contribution >= 4 is 63.8 Å². The molecule has 0 atom stereocenters. The van der Waals surface area contributed by atoms with Crippen molar-refractivity contribution in [1.29, 1.82) is 0 Å². The van der Waals surface area contributed by atoms with E-state index in [1.54, 1.807) is 23.1 Å². The van der Waals surface area contributed by atoms with Crippen LogP contribution >= 0.6 is 12.4 Å². The number of imidazole rings is 2. The van der Waals surface area contributed by atoms with E-state index < -0.39 is 11.7 Å². The van der Waals surface area contributed by atoms with Gasteiger partial charge in [-0.05, 0) is 117 Å². The first-order valence-corrected chi connectivity index (χ1v) is 23.1. The van der Waals surface area contributed by atoms with Crippen LogP contribution in [0.4, 0.5) is 16.7 Å². The van der Waals surface area contributed by atoms with Crippen LogP contribution in [0, 0.1) is 12.3 Å². The Kier molecular flexibility index (Phi) is 22.3. The van der Waals surface area contributed by atoms with Crippen LogP contribution in [0.15, 0.2) is 109 Å². The number of carbonyl (C=O) groups excluding carboxylic acids is 3. The zero-order valence-electron chi connectivity index (χ0n) is 40.0. The number of carbonyl (C=O) groups is 3. The molecule has 7 aromatic rings. The highest BCUT2D eigenvalue weighted by atomic mass is 35.5. The van der Waals surface area contributed by atoms with Crippen LogP contribution in [0.3, 0.4) is 0 Å². The van der Waals surface area contributed by atoms with Crippen LogP contribution in [0.1, 0.15) is 104 Å². The Labute approximate surface area is 414 Å². The van der Waals surface area contributed by atoms with E-state index in [4.69, 9.17) is 28.2 Å². The predicted octanol–water partition coefficient (Wildman–Crippen LogP) is 9.41. The molecule has 0 saturated heterocycles. The molecule has 4 aromatic carbocycles. The molecular weight excluding hydrogens is 908 g/mol. The molecule has 368 valence electrons. The number of H-pyrrole nitrogens is 1. The van der Waals surface area contributed by atoms with Gasteiger partial charge in [0.15, 0.2) is 5.95 Å². The van der Waals surface area contributed by atoms with Crippen molar-refractivity contribution in [2.24, 2.45) is 5.11 Å². The number of rotatable bonds is 19. The molecule has 0 aliphatic rings. The van der Waals surface area contributed by atoms with Gasteiger partial charge in [-0.25, -0.2) is 19.3 Å². The van der Waals surface area contributed by atoms with Gasteiger partial charge in [-0.3, -0.25) is 14.3 Å². The van der Waals surface area contributed by atoms with Gasteiger partial charge in [0, 0.05) is 60.2 Å². The number of nitrogens with two attached hydrogens (primary N) is 2. The van der Waals surface area contributed by atoms with Gasteiger partial charge in [-0.2, -0.15) is 0 Å². The molecule has 7 N–H and O–H groups in total. The minimum Gasteiger partial charge on any atom is -0.443 e. The quantitative estimate of drug-likeness (QED) is 0.0168. The lowest BCUT2D eigenvalue weighted by molar-refractivity contribution is 0.0540. The smallest absolute Gasteiger partial charge is 0.421 e. The number of hydrogen-bond acceptors (Lipinski definition) is 11. The molecule has 0 bridgehead atoms. The number of terminal acetylenes is 1. The van der Waals surface area contributed by atoms with E-state index in [1.165, 1.54) is 4.57 Å². The van der Waals surface area contributed by atoms with Crippen LogP contribution in [0.25, 0.3) is 32.0 Å². The summed E-state index contributed by atoms with van der Waals surface area (Å²) < 4.78 is 8.29. The molecule has 70 heavy (non-hydrogen) atoms. The summed E-state index contributed by atoms with van der Waals surface area (Å²) in [6, 6.07) is 27.2. The zero-order valence-corrected chi connectivity index (χ0v) is 40.8. The Morgan fingerprint density at radius 1 is 0.800 bits per heavy atom. The number of ether oxygens (including phenoxy) is 1. The number of hydrogen-bond donors (Lipinski definition) is 5. The van der Waals surface area contributed by atoms with Crippen molar-refractivity contribution in [2.75, 3.05) is 31.1 Å². The Hall–Kier alpha value is -7.87. The third-order valence-electron chi connectivity index (χ3n) is 10.5. The molecule has 0 unspecified atom stereocenters. The number of benzene rings is 4. The number of aromatic nitrogens is 7. The standard InChI is InChI=1S/C23H27N7O.C15H23N3O2.C13H12N4O.ClH/c24-23-26-15-20(27-23)8-2-1-3-9-21-16-30(29-28-21)13-12-25-22(31)19-11-10-17-6-4-5-7-18(17)14-19;1-5-6-7-8-9-10-12-11-18(13(16)17-12)14(19)20-15(2,3)4;14-17-16-8-7-15-13(18)12-6-5-10-3-1-2-4-11(10)9-12;/h4-7,10-11,14-16H,1-3,8-9,12-13H2,(H,25,31)(H3,24,26,27);1,11H,6-10H2,2-4H3,(H2,16,17);1-6,9H,7-8H2,(H,15,18);1H. The third-order valence-corrected chi connectivity index (χ3v) is 10.5. The Morgan fingerprint density at radius 2 is 1.39 bits per heavy atom. The second-order valence-corrected chi connectivity index (χ2v) is 17.1. The highest BCUT2D eigenvalue weighted by Gasteiger charge is 2.20. The van der Waals surface area contributed by atoms with E-state index in [9.17, 15) is 14.4 Å². The van der Waals surface area contributed by atoms with Crippen molar-refractivity contribution in [3.8, 4) is 12.3 Å². The number of anilines is 2. The molecule has 7 rings (SSSR count). The van der Waals surface area contributed by atoms with Gasteiger partial charge < -0.3 is 31.8 Å². The number of nitrogen functional groups attached to an aromatic ring is 2. The van der Waals surface area contributed by atoms with Crippen LogP contribution in [0.5, 0.6) is 0 Å². The van der Waals surface area contributed by atoms with Gasteiger partial charge in [-0.15, -0.1) is 29.8 Å². The SMILES string of the molecule is C#CCCCCCc1cn(C(=O)OC(C)(C)C)c(N)n1.Cl.Nc1ncc(CCCCCc2cn(CCNC(=O)c3ccc4ccccc4c3)nn2)[nH]1.[N-]=[N+]=NCCNC(=O)c1ccc2ccccc2c1. The van der Waals surface area contributed by atoms with Gasteiger partial charge in [0.05, 0.1) is 24.1 Å². The summed E-state index contributed by atoms with van der Waals surface area (Å²) in [6.07, 6.45) is 19.8. The van der Waals surface area contributed by atoms with E-state index >= 15 is 0 Å². The number of nitrogens with one attached hydrogen (secondary N) is 3. The summed E-state index contributed by atoms with van der Waals surface area (Å²) in [5.74, 6) is 3.02. The third kappa shape index (κ3) is 18.7. The highest BCUT2D eigenvalue weighted by Crippen LogP contribution is 2.18. The average Bonchev–Trinajstić information content (AvgIpc) is 4.09. The van der Waals surface area contributed by atoms with Gasteiger partial charge >= 0.3 is 6.09 Å². The van der Waals surface area contributed by atoms with Crippen molar-refractivity contribution < 1.29 is 19.1 Å². The van der Waals surface area contributed by atoms with Crippen molar-refractivity contribution in [3.63, 3.8) is 0 Å². The Morgan fingerprint density at radius 3 is 1.97 bits per heavy atom. The summed E-state index contributed by atoms with van der Waals surface area (Å²) >= 11 is 0. The molecule has 18 nitrogen and oxygen atoms in total. The maximum absolute atomic E-state index is 12.4. The number of nitrogens with zero attached hydrogens (tertiary/aromatic N) is 9. The molecule has 0 aliphatic heterocycles.